The largest absolute Gasteiger partial charge is 0.454 e. The van der Waals surface area contributed by atoms with Crippen molar-refractivity contribution in [3.8, 4) is 28.8 Å². The van der Waals surface area contributed by atoms with E-state index in [1.54, 1.807) is 12.3 Å². The fraction of sp³-hybridized carbons (Fsp3) is 0.125. The van der Waals surface area contributed by atoms with E-state index in [2.05, 4.69) is 11.1 Å². The van der Waals surface area contributed by atoms with Crippen molar-refractivity contribution < 1.29 is 9.47 Å². The number of ether oxygens (including phenoxy) is 2. The maximum atomic E-state index is 9.13. The third-order valence-corrected chi connectivity index (χ3v) is 3.63. The van der Waals surface area contributed by atoms with Crippen molar-refractivity contribution in [3.05, 3.63) is 42.2 Å². The Bertz CT molecular complexity index is 924. The molecule has 6 nitrogen and oxygen atoms in total. The van der Waals surface area contributed by atoms with Crippen molar-refractivity contribution in [1.29, 1.82) is 5.26 Å². The summed E-state index contributed by atoms with van der Waals surface area (Å²) in [5.41, 5.74) is 9.68. The Balaban J connectivity index is 1.94. The first kappa shape index (κ1) is 12.5. The van der Waals surface area contributed by atoms with Gasteiger partial charge in [0.1, 0.15) is 5.65 Å². The quantitative estimate of drug-likeness (QED) is 0.783. The number of nitrogens with zero attached hydrogens (tertiary/aromatic N) is 3. The Hall–Kier alpha value is -3.20. The van der Waals surface area contributed by atoms with Crippen LogP contribution in [-0.4, -0.2) is 16.2 Å². The Morgan fingerprint density at radius 3 is 2.95 bits per heavy atom. The molecule has 0 saturated heterocycles. The summed E-state index contributed by atoms with van der Waals surface area (Å²) >= 11 is 0. The highest BCUT2D eigenvalue weighted by Gasteiger charge is 2.18. The van der Waals surface area contributed by atoms with E-state index in [1.165, 1.54) is 0 Å². The molecule has 1 aromatic carbocycles. The van der Waals surface area contributed by atoms with Gasteiger partial charge in [-0.05, 0) is 30.3 Å². The Kier molecular flexibility index (Phi) is 2.66. The zero-order valence-electron chi connectivity index (χ0n) is 11.6. The predicted octanol–water partition coefficient (Wildman–Crippen LogP) is 2.38. The standard InChI is InChI=1S/C16H12N4O2/c17-6-5-12-16(19-15-4-2-11(18)8-20(12)15)10-1-3-13-14(7-10)22-9-21-13/h1-4,7-8H,5,9,18H2. The maximum absolute atomic E-state index is 9.13. The smallest absolute Gasteiger partial charge is 0.231 e. The summed E-state index contributed by atoms with van der Waals surface area (Å²) in [5, 5.41) is 9.13. The SMILES string of the molecule is N#CCc1c(-c2ccc3c(c2)OCO3)nc2ccc(N)cn12. The number of nitrogen functional groups attached to an aromatic ring is 1. The second-order valence-corrected chi connectivity index (χ2v) is 5.00. The zero-order chi connectivity index (χ0) is 15.1. The minimum absolute atomic E-state index is 0.228. The lowest BCUT2D eigenvalue weighted by Gasteiger charge is -2.03. The van der Waals surface area contributed by atoms with Crippen molar-refractivity contribution in [2.75, 3.05) is 12.5 Å². The van der Waals surface area contributed by atoms with E-state index in [4.69, 9.17) is 20.5 Å². The fourth-order valence-electron chi connectivity index (χ4n) is 2.63. The van der Waals surface area contributed by atoms with Gasteiger partial charge in [0, 0.05) is 17.4 Å². The van der Waals surface area contributed by atoms with Crippen LogP contribution < -0.4 is 15.2 Å². The average molecular weight is 292 g/mol. The van der Waals surface area contributed by atoms with Crippen molar-refractivity contribution in [2.24, 2.45) is 0 Å². The topological polar surface area (TPSA) is 85.6 Å². The zero-order valence-corrected chi connectivity index (χ0v) is 11.6. The monoisotopic (exact) mass is 292 g/mol. The molecule has 2 N–H and O–H groups in total. The van der Waals surface area contributed by atoms with Crippen molar-refractivity contribution in [2.45, 2.75) is 6.42 Å². The first-order chi connectivity index (χ1) is 10.8. The molecule has 0 amide bonds. The van der Waals surface area contributed by atoms with Gasteiger partial charge in [-0.15, -0.1) is 0 Å². The third-order valence-electron chi connectivity index (χ3n) is 3.63. The van der Waals surface area contributed by atoms with Gasteiger partial charge in [0.05, 0.1) is 23.9 Å². The number of imidazole rings is 1. The van der Waals surface area contributed by atoms with Crippen LogP contribution in [0.1, 0.15) is 5.69 Å². The van der Waals surface area contributed by atoms with Crippen LogP contribution in [0, 0.1) is 11.3 Å². The molecule has 0 unspecified atom stereocenters. The molecule has 0 fully saturated rings. The van der Waals surface area contributed by atoms with Gasteiger partial charge in [-0.3, -0.25) is 0 Å². The number of nitrogens with two attached hydrogens (primary N) is 1. The molecule has 6 heteroatoms. The first-order valence-electron chi connectivity index (χ1n) is 6.80. The fourth-order valence-corrected chi connectivity index (χ4v) is 2.63. The van der Waals surface area contributed by atoms with E-state index >= 15 is 0 Å². The van der Waals surface area contributed by atoms with Gasteiger partial charge < -0.3 is 19.6 Å². The molecular weight excluding hydrogens is 280 g/mol. The van der Waals surface area contributed by atoms with Gasteiger partial charge in [0.15, 0.2) is 11.5 Å². The predicted molar refractivity (Wildman–Crippen MR) is 80.5 cm³/mol. The molecule has 0 atom stereocenters. The second kappa shape index (κ2) is 4.67. The van der Waals surface area contributed by atoms with Crippen molar-refractivity contribution >= 4 is 11.3 Å². The molecule has 3 aromatic rings. The number of nitriles is 1. The molecule has 2 aromatic heterocycles. The minimum Gasteiger partial charge on any atom is -0.454 e. The highest BCUT2D eigenvalue weighted by Crippen LogP contribution is 2.36. The summed E-state index contributed by atoms with van der Waals surface area (Å²) in [7, 11) is 0. The Labute approximate surface area is 126 Å². The van der Waals surface area contributed by atoms with Gasteiger partial charge >= 0.3 is 0 Å². The highest BCUT2D eigenvalue weighted by atomic mass is 16.7. The molecule has 3 heterocycles. The van der Waals surface area contributed by atoms with Crippen LogP contribution in [0.15, 0.2) is 36.5 Å². The molecule has 22 heavy (non-hydrogen) atoms. The molecule has 1 aliphatic rings. The van der Waals surface area contributed by atoms with Crippen LogP contribution in [0.5, 0.6) is 11.5 Å². The maximum Gasteiger partial charge on any atom is 0.231 e. The lowest BCUT2D eigenvalue weighted by atomic mass is 10.1. The van der Waals surface area contributed by atoms with Crippen LogP contribution >= 0.6 is 0 Å². The van der Waals surface area contributed by atoms with Crippen LogP contribution in [0.3, 0.4) is 0 Å². The Morgan fingerprint density at radius 1 is 1.23 bits per heavy atom. The molecule has 1 aliphatic heterocycles. The summed E-state index contributed by atoms with van der Waals surface area (Å²) < 4.78 is 12.6. The average Bonchev–Trinajstić information content (AvgIpc) is 3.12. The third kappa shape index (κ3) is 1.84. The molecule has 0 aliphatic carbocycles. The first-order valence-corrected chi connectivity index (χ1v) is 6.80. The summed E-state index contributed by atoms with van der Waals surface area (Å²) in [4.78, 5) is 4.63. The van der Waals surface area contributed by atoms with Gasteiger partial charge in [-0.2, -0.15) is 5.26 Å². The summed E-state index contributed by atoms with van der Waals surface area (Å²) in [5.74, 6) is 1.41. The number of fused-ring (bicyclic) bond motifs is 2. The number of hydrogen-bond donors (Lipinski definition) is 1. The highest BCUT2D eigenvalue weighted by molar-refractivity contribution is 5.70. The number of aromatic nitrogens is 2. The molecule has 108 valence electrons. The number of rotatable bonds is 2. The molecule has 0 saturated carbocycles. The van der Waals surface area contributed by atoms with E-state index < -0.39 is 0 Å². The Morgan fingerprint density at radius 2 is 2.09 bits per heavy atom. The number of anilines is 1. The van der Waals surface area contributed by atoms with Gasteiger partial charge in [0.25, 0.3) is 0 Å². The number of hydrogen-bond acceptors (Lipinski definition) is 5. The summed E-state index contributed by atoms with van der Waals surface area (Å²) in [6.07, 6.45) is 2.03. The van der Waals surface area contributed by atoms with Gasteiger partial charge in [0.2, 0.25) is 6.79 Å². The minimum atomic E-state index is 0.228. The summed E-state index contributed by atoms with van der Waals surface area (Å²) in [6, 6.07) is 11.5. The lowest BCUT2D eigenvalue weighted by molar-refractivity contribution is 0.174. The van der Waals surface area contributed by atoms with Gasteiger partial charge in [-0.1, -0.05) is 0 Å². The van der Waals surface area contributed by atoms with Crippen LogP contribution in [0.25, 0.3) is 16.9 Å². The molecular formula is C16H12N4O2. The molecule has 4 rings (SSSR count). The van der Waals surface area contributed by atoms with E-state index in [0.717, 1.165) is 28.3 Å². The van der Waals surface area contributed by atoms with Crippen molar-refractivity contribution in [1.82, 2.24) is 9.38 Å². The van der Waals surface area contributed by atoms with Crippen LogP contribution in [0.4, 0.5) is 5.69 Å². The second-order valence-electron chi connectivity index (χ2n) is 5.00. The molecule has 0 bridgehead atoms. The molecule has 0 spiro atoms. The number of pyridine rings is 1. The van der Waals surface area contributed by atoms with E-state index in [9.17, 15) is 0 Å². The normalized spacial score (nSPS) is 12.5. The lowest BCUT2D eigenvalue weighted by Crippen LogP contribution is -1.95. The van der Waals surface area contributed by atoms with E-state index in [0.29, 0.717) is 11.4 Å². The van der Waals surface area contributed by atoms with Gasteiger partial charge in [-0.25, -0.2) is 4.98 Å². The van der Waals surface area contributed by atoms with Crippen LogP contribution in [-0.2, 0) is 6.42 Å². The van der Waals surface area contributed by atoms with Crippen LogP contribution in [0.2, 0.25) is 0 Å². The van der Waals surface area contributed by atoms with E-state index in [-0.39, 0.29) is 13.2 Å². The number of benzene rings is 1. The van der Waals surface area contributed by atoms with E-state index in [1.807, 2.05) is 28.7 Å². The summed E-state index contributed by atoms with van der Waals surface area (Å²) in [6.45, 7) is 0.228. The molecule has 0 radical (unpaired) electrons. The van der Waals surface area contributed by atoms with Crippen molar-refractivity contribution in [3.63, 3.8) is 0 Å².